The number of nitrogens with zero attached hydrogens (tertiary/aromatic N) is 7. The second-order valence-electron chi connectivity index (χ2n) is 12.7. The van der Waals surface area contributed by atoms with Gasteiger partial charge in [0.2, 0.25) is 11.1 Å². The first-order valence-corrected chi connectivity index (χ1v) is 14.2. The van der Waals surface area contributed by atoms with Crippen LogP contribution in [0.3, 0.4) is 0 Å². The third-order valence-electron chi connectivity index (χ3n) is 8.90. The van der Waals surface area contributed by atoms with E-state index in [4.69, 9.17) is 5.11 Å². The number of carbonyl (C=O) groups excluding carboxylic acids is 2. The third kappa shape index (κ3) is 7.60. The van der Waals surface area contributed by atoms with Gasteiger partial charge in [0.1, 0.15) is 26.4 Å². The number of carboxylic acid groups (broad SMARTS) is 2. The Morgan fingerprint density at radius 1 is 0.633 bits per heavy atom. The molecule has 3 aromatic heterocycles. The van der Waals surface area contributed by atoms with E-state index in [1.165, 1.54) is 0 Å². The van der Waals surface area contributed by atoms with E-state index in [0.717, 1.165) is 31.1 Å². The fourth-order valence-electron chi connectivity index (χ4n) is 4.41. The van der Waals surface area contributed by atoms with Crippen LogP contribution >= 0.6 is 0 Å². The van der Waals surface area contributed by atoms with Gasteiger partial charge < -0.3 is 40.8 Å². The van der Waals surface area contributed by atoms with Gasteiger partial charge in [0.25, 0.3) is 11.1 Å². The van der Waals surface area contributed by atoms with Crippen LogP contribution in [0.1, 0.15) is 87.5 Å². The zero-order valence-electron chi connectivity index (χ0n) is 28.0. The summed E-state index contributed by atoms with van der Waals surface area (Å²) in [5.74, 6) is -3.55. The number of carboxylic acids is 2. The monoisotopic (exact) mass is 726 g/mol. The average molecular weight is 727 g/mol. The van der Waals surface area contributed by atoms with E-state index in [1.54, 1.807) is 104 Å². The molecule has 4 N–H and O–H groups in total. The van der Waals surface area contributed by atoms with Crippen LogP contribution in [0.5, 0.6) is 5.75 Å². The molecule has 49 heavy (non-hydrogen) atoms. The number of rotatable bonds is 4. The van der Waals surface area contributed by atoms with Gasteiger partial charge in [-0.25, -0.2) is 4.98 Å². The molecule has 0 unspecified atom stereocenters. The number of nitroso groups, excluding NO2 is 2. The predicted molar refractivity (Wildman–Crippen MR) is 167 cm³/mol. The molecule has 0 fully saturated rings. The molecule has 0 atom stereocenters. The molecule has 0 spiro atoms. The van der Waals surface area contributed by atoms with Crippen molar-refractivity contribution in [3.63, 3.8) is 0 Å². The Hall–Kier alpha value is -5.22. The number of hydrogen-bond acceptors (Lipinski definition) is 12. The van der Waals surface area contributed by atoms with Crippen LogP contribution in [-0.2, 0) is 22.0 Å². The molecule has 18 heteroatoms. The van der Waals surface area contributed by atoms with Gasteiger partial charge in [-0.15, -0.1) is 9.48 Å². The van der Waals surface area contributed by atoms with Gasteiger partial charge >= 0.3 is 11.7 Å². The summed E-state index contributed by atoms with van der Waals surface area (Å²) < 4.78 is 3.20. The minimum atomic E-state index is -1.67. The number of pyridine rings is 3. The minimum absolute atomic E-state index is 0. The maximum atomic E-state index is 12.3. The molecule has 2 aliphatic heterocycles. The van der Waals surface area contributed by atoms with Crippen molar-refractivity contribution in [2.24, 2.45) is 0 Å². The third-order valence-corrected chi connectivity index (χ3v) is 8.90. The Labute approximate surface area is 291 Å². The van der Waals surface area contributed by atoms with Gasteiger partial charge in [0.15, 0.2) is 0 Å². The van der Waals surface area contributed by atoms with E-state index in [2.05, 4.69) is 15.0 Å². The van der Waals surface area contributed by atoms with Crippen molar-refractivity contribution in [1.82, 2.24) is 15.0 Å². The summed E-state index contributed by atoms with van der Waals surface area (Å²) in [6.45, 7) is 14.2. The standard InChI is InChI=1S/2C12H16N3O2.C7H5NO5.Ni.H2O/c2*1-11(2)12(3,4)15(17)10(14(11)16)9-5-7-13-8-6-9;9-3-1-4(6(10)11)8-5(2-3)7(12)13;;/h2*5-8H,1-4H3;1-2H,(H,8,9)(H,10,11)(H,12,13);;1H2/q2*+1;;;/p-1. The van der Waals surface area contributed by atoms with Crippen LogP contribution in [0.4, 0.5) is 0 Å². The Bertz CT molecular complexity index is 1680. The van der Waals surface area contributed by atoms with E-state index in [-0.39, 0.29) is 33.6 Å². The molecule has 5 heterocycles. The minimum Gasteiger partial charge on any atom is -0.618 e. The van der Waals surface area contributed by atoms with Crippen molar-refractivity contribution in [3.8, 4) is 5.75 Å². The maximum Gasteiger partial charge on any atom is 0.504 e. The Kier molecular flexibility index (Phi) is 12.7. The first-order valence-electron chi connectivity index (χ1n) is 14.2. The van der Waals surface area contributed by atoms with Crippen LogP contribution in [0.15, 0.2) is 61.2 Å². The molecule has 2 aliphatic rings. The smallest absolute Gasteiger partial charge is 0.504 e. The topological polar surface area (TPSA) is 264 Å². The molecular weight excluding hydrogens is 689 g/mol. The molecule has 17 nitrogen and oxygen atoms in total. The summed E-state index contributed by atoms with van der Waals surface area (Å²) in [7, 11) is 0. The van der Waals surface area contributed by atoms with Gasteiger partial charge in [-0.3, -0.25) is 9.97 Å². The molecule has 0 radical (unpaired) electrons. The van der Waals surface area contributed by atoms with E-state index in [9.17, 15) is 40.0 Å². The van der Waals surface area contributed by atoms with Crippen molar-refractivity contribution in [2.45, 2.75) is 77.5 Å². The fraction of sp³-hybridized carbons (Fsp3) is 0.387. The summed E-state index contributed by atoms with van der Waals surface area (Å²) in [5.41, 5.74) is -3.19. The molecule has 5 rings (SSSR count). The number of hydrogen-bond donors (Lipinski definition) is 1. The molecular formula is C31H38N7NiO10+. The zero-order valence-corrected chi connectivity index (χ0v) is 29.0. The second kappa shape index (κ2) is 14.9. The quantitative estimate of drug-likeness (QED) is 0.161. The van der Waals surface area contributed by atoms with Gasteiger partial charge in [-0.05, 0) is 24.3 Å². The van der Waals surface area contributed by atoms with Crippen molar-refractivity contribution in [2.75, 3.05) is 0 Å². The fourth-order valence-corrected chi connectivity index (χ4v) is 4.41. The summed E-state index contributed by atoms with van der Waals surface area (Å²) in [5, 5.41) is 53.9. The van der Waals surface area contributed by atoms with Crippen LogP contribution in [0.25, 0.3) is 0 Å². The summed E-state index contributed by atoms with van der Waals surface area (Å²) in [6, 6.07) is 8.24. The Balaban J connectivity index is 0.000000364. The van der Waals surface area contributed by atoms with Crippen molar-refractivity contribution in [3.05, 3.63) is 104 Å². The first kappa shape index (κ1) is 41.8. The number of hydroxylamine groups is 2. The normalized spacial score (nSPS) is 17.8. The molecule has 0 saturated heterocycles. The number of amidine groups is 2. The second-order valence-corrected chi connectivity index (χ2v) is 12.7. The Morgan fingerprint density at radius 3 is 1.14 bits per heavy atom. The summed E-state index contributed by atoms with van der Waals surface area (Å²) in [6.07, 6.45) is 6.29. The van der Waals surface area contributed by atoms with Crippen molar-refractivity contribution >= 4 is 23.6 Å². The Morgan fingerprint density at radius 2 is 0.918 bits per heavy atom. The maximum absolute atomic E-state index is 12.3. The van der Waals surface area contributed by atoms with E-state index >= 15 is 0 Å². The number of carbonyl (C=O) groups is 2. The van der Waals surface area contributed by atoms with Gasteiger partial charge in [0, 0.05) is 119 Å². The first-order chi connectivity index (χ1) is 21.6. The van der Waals surface area contributed by atoms with Gasteiger partial charge in [-0.2, -0.15) is 0 Å². The van der Waals surface area contributed by atoms with E-state index in [1.807, 2.05) is 0 Å². The van der Waals surface area contributed by atoms with E-state index in [0.29, 0.717) is 11.1 Å². The molecule has 0 aliphatic carbocycles. The van der Waals surface area contributed by atoms with Crippen LogP contribution in [0.2, 0.25) is 0 Å². The molecule has 0 bridgehead atoms. The van der Waals surface area contributed by atoms with Crippen LogP contribution in [0, 0.1) is 20.2 Å². The predicted octanol–water partition coefficient (Wildman–Crippen LogP) is -0.0338. The zero-order chi connectivity index (χ0) is 35.7. The largest absolute Gasteiger partial charge is 0.618 e. The number of aromatic carboxylic acids is 2. The van der Waals surface area contributed by atoms with Crippen LogP contribution in [-0.4, -0.2) is 84.8 Å². The van der Waals surface area contributed by atoms with Crippen molar-refractivity contribution in [1.29, 1.82) is 0 Å². The number of aromatic nitrogens is 3. The summed E-state index contributed by atoms with van der Waals surface area (Å²) >= 11 is 0. The molecule has 0 aromatic carbocycles. The SMILES string of the molecule is CC1(C)[N+](=O)C(c2ccncc2)=[N+]([O-])C1(C)C.CC1(C)[N+](=O)C(c2ccncc2)=[N+]([O-])C1(C)C.O=C([O-])c1cc(O)cc(C(=O)[O-])n1.[Ni].[OH3+]. The summed E-state index contributed by atoms with van der Waals surface area (Å²) in [4.78, 5) is 55.9. The van der Waals surface area contributed by atoms with E-state index < -0.39 is 51.2 Å². The average Bonchev–Trinajstić information content (AvgIpc) is 3.21. The van der Waals surface area contributed by atoms with Gasteiger partial charge in [-0.1, -0.05) is 0 Å². The van der Waals surface area contributed by atoms with Crippen LogP contribution < -0.4 is 10.2 Å². The molecule has 0 saturated carbocycles. The number of aromatic hydroxyl groups is 1. The molecule has 266 valence electrons. The molecule has 3 aromatic rings. The van der Waals surface area contributed by atoms with Gasteiger partial charge in [0.05, 0.1) is 23.3 Å². The molecule has 0 amide bonds. The van der Waals surface area contributed by atoms with Crippen molar-refractivity contribution < 1.29 is 65.9 Å².